The van der Waals surface area contributed by atoms with E-state index in [9.17, 15) is 4.39 Å². The zero-order valence-corrected chi connectivity index (χ0v) is 12.1. The van der Waals surface area contributed by atoms with Crippen molar-refractivity contribution in [1.29, 1.82) is 0 Å². The molecule has 3 rings (SSSR count). The van der Waals surface area contributed by atoms with Gasteiger partial charge in [0.05, 0.1) is 6.04 Å². The Morgan fingerprint density at radius 2 is 1.95 bits per heavy atom. The Kier molecular flexibility index (Phi) is 3.51. The first-order valence-corrected chi connectivity index (χ1v) is 6.99. The lowest BCUT2D eigenvalue weighted by Crippen LogP contribution is -2.13. The lowest BCUT2D eigenvalue weighted by molar-refractivity contribution is 0.625. The molecule has 20 heavy (non-hydrogen) atoms. The SMILES string of the molecule is NC(c1ccc(F)cc1Br)c1cccc2ccncc12. The van der Waals surface area contributed by atoms with Crippen LogP contribution in [0.1, 0.15) is 17.2 Å². The fraction of sp³-hybridized carbons (Fsp3) is 0.0625. The third-order valence-corrected chi connectivity index (χ3v) is 4.04. The third kappa shape index (κ3) is 2.32. The van der Waals surface area contributed by atoms with E-state index in [0.29, 0.717) is 4.47 Å². The molecule has 3 aromatic rings. The lowest BCUT2D eigenvalue weighted by atomic mass is 9.95. The van der Waals surface area contributed by atoms with Gasteiger partial charge in [-0.1, -0.05) is 40.2 Å². The summed E-state index contributed by atoms with van der Waals surface area (Å²) < 4.78 is 13.9. The summed E-state index contributed by atoms with van der Waals surface area (Å²) in [5.41, 5.74) is 8.18. The zero-order chi connectivity index (χ0) is 14.1. The summed E-state index contributed by atoms with van der Waals surface area (Å²) in [6.07, 6.45) is 3.56. The average Bonchev–Trinajstić information content (AvgIpc) is 2.46. The average molecular weight is 331 g/mol. The van der Waals surface area contributed by atoms with Gasteiger partial charge in [0.15, 0.2) is 0 Å². The van der Waals surface area contributed by atoms with Crippen molar-refractivity contribution < 1.29 is 4.39 Å². The first-order chi connectivity index (χ1) is 9.66. The Balaban J connectivity index is 2.15. The summed E-state index contributed by atoms with van der Waals surface area (Å²) in [5.74, 6) is -0.285. The predicted molar refractivity (Wildman–Crippen MR) is 81.9 cm³/mol. The number of nitrogens with two attached hydrogens (primary N) is 1. The van der Waals surface area contributed by atoms with Crippen molar-refractivity contribution >= 4 is 26.7 Å². The van der Waals surface area contributed by atoms with Gasteiger partial charge in [-0.3, -0.25) is 4.98 Å². The van der Waals surface area contributed by atoms with Gasteiger partial charge in [-0.15, -0.1) is 0 Å². The minimum Gasteiger partial charge on any atom is -0.320 e. The summed E-state index contributed by atoms with van der Waals surface area (Å²) in [5, 5.41) is 2.10. The van der Waals surface area contributed by atoms with Crippen LogP contribution in [0.3, 0.4) is 0 Å². The largest absolute Gasteiger partial charge is 0.320 e. The van der Waals surface area contributed by atoms with E-state index >= 15 is 0 Å². The Morgan fingerprint density at radius 1 is 1.10 bits per heavy atom. The summed E-state index contributed by atoms with van der Waals surface area (Å²) in [7, 11) is 0. The number of halogens is 2. The minimum absolute atomic E-state index is 0.285. The van der Waals surface area contributed by atoms with E-state index in [1.807, 2.05) is 30.5 Å². The van der Waals surface area contributed by atoms with Crippen molar-refractivity contribution in [3.8, 4) is 0 Å². The number of fused-ring (bicyclic) bond motifs is 1. The normalized spacial score (nSPS) is 12.6. The topological polar surface area (TPSA) is 38.9 Å². The van der Waals surface area contributed by atoms with Gasteiger partial charge in [-0.25, -0.2) is 4.39 Å². The second-order valence-electron chi connectivity index (χ2n) is 4.59. The van der Waals surface area contributed by atoms with Gasteiger partial charge in [0.25, 0.3) is 0 Å². The molecule has 1 aromatic heterocycles. The van der Waals surface area contributed by atoms with Crippen molar-refractivity contribution in [3.05, 3.63) is 76.3 Å². The van der Waals surface area contributed by atoms with Crippen molar-refractivity contribution in [3.63, 3.8) is 0 Å². The van der Waals surface area contributed by atoms with E-state index in [1.165, 1.54) is 12.1 Å². The maximum Gasteiger partial charge on any atom is 0.124 e. The van der Waals surface area contributed by atoms with E-state index in [0.717, 1.165) is 21.9 Å². The van der Waals surface area contributed by atoms with Gasteiger partial charge < -0.3 is 5.73 Å². The van der Waals surface area contributed by atoms with Gasteiger partial charge in [0.2, 0.25) is 0 Å². The van der Waals surface area contributed by atoms with E-state index < -0.39 is 0 Å². The summed E-state index contributed by atoms with van der Waals surface area (Å²) >= 11 is 3.37. The van der Waals surface area contributed by atoms with Crippen molar-refractivity contribution in [2.75, 3.05) is 0 Å². The van der Waals surface area contributed by atoms with Gasteiger partial charge in [-0.2, -0.15) is 0 Å². The first kappa shape index (κ1) is 13.2. The van der Waals surface area contributed by atoms with Crippen LogP contribution in [0.2, 0.25) is 0 Å². The number of hydrogen-bond donors (Lipinski definition) is 1. The Hall–Kier alpha value is -1.78. The van der Waals surface area contributed by atoms with E-state index in [1.54, 1.807) is 12.3 Å². The van der Waals surface area contributed by atoms with Gasteiger partial charge in [0, 0.05) is 22.3 Å². The number of aromatic nitrogens is 1. The molecule has 2 N–H and O–H groups in total. The van der Waals surface area contributed by atoms with Gasteiger partial charge >= 0.3 is 0 Å². The molecule has 2 nitrogen and oxygen atoms in total. The molecule has 1 atom stereocenters. The standard InChI is InChI=1S/C16H12BrFN2/c17-15-8-11(18)4-5-13(15)16(19)12-3-1-2-10-6-7-20-9-14(10)12/h1-9,16H,19H2. The lowest BCUT2D eigenvalue weighted by Gasteiger charge is -2.16. The molecule has 0 aliphatic heterocycles. The Bertz CT molecular complexity index is 768. The Labute approximate surface area is 124 Å². The molecule has 0 spiro atoms. The fourth-order valence-corrected chi connectivity index (χ4v) is 2.93. The zero-order valence-electron chi connectivity index (χ0n) is 10.6. The fourth-order valence-electron chi connectivity index (χ4n) is 2.33. The maximum absolute atomic E-state index is 13.2. The monoisotopic (exact) mass is 330 g/mol. The van der Waals surface area contributed by atoms with Crippen LogP contribution in [0.15, 0.2) is 59.3 Å². The third-order valence-electron chi connectivity index (χ3n) is 3.35. The van der Waals surface area contributed by atoms with E-state index in [2.05, 4.69) is 20.9 Å². The van der Waals surface area contributed by atoms with Crippen LogP contribution in [0, 0.1) is 5.82 Å². The molecule has 0 saturated heterocycles. The molecule has 0 fully saturated rings. The minimum atomic E-state index is -0.335. The number of pyridine rings is 1. The highest BCUT2D eigenvalue weighted by Gasteiger charge is 2.15. The number of benzene rings is 2. The molecule has 1 heterocycles. The molecule has 0 saturated carbocycles. The Morgan fingerprint density at radius 3 is 2.75 bits per heavy atom. The van der Waals surface area contributed by atoms with Gasteiger partial charge in [-0.05, 0) is 34.7 Å². The highest BCUT2D eigenvalue weighted by Crippen LogP contribution is 2.31. The molecule has 1 unspecified atom stereocenters. The molecule has 0 radical (unpaired) electrons. The smallest absolute Gasteiger partial charge is 0.124 e. The summed E-state index contributed by atoms with van der Waals surface area (Å²) in [6.45, 7) is 0. The van der Waals surface area contributed by atoms with Crippen LogP contribution < -0.4 is 5.73 Å². The van der Waals surface area contributed by atoms with Gasteiger partial charge in [0.1, 0.15) is 5.82 Å². The molecular weight excluding hydrogens is 319 g/mol. The first-order valence-electron chi connectivity index (χ1n) is 6.20. The van der Waals surface area contributed by atoms with Crippen LogP contribution >= 0.6 is 15.9 Å². The van der Waals surface area contributed by atoms with Crippen LogP contribution in [0.25, 0.3) is 10.8 Å². The predicted octanol–water partition coefficient (Wildman–Crippen LogP) is 4.18. The van der Waals surface area contributed by atoms with Crippen LogP contribution in [-0.4, -0.2) is 4.98 Å². The number of hydrogen-bond acceptors (Lipinski definition) is 2. The molecular formula is C16H12BrFN2. The second-order valence-corrected chi connectivity index (χ2v) is 5.44. The molecule has 4 heteroatoms. The number of rotatable bonds is 2. The second kappa shape index (κ2) is 5.31. The summed E-state index contributed by atoms with van der Waals surface area (Å²) in [6, 6.07) is 12.1. The molecule has 0 aliphatic carbocycles. The van der Waals surface area contributed by atoms with Crippen LogP contribution in [-0.2, 0) is 0 Å². The highest BCUT2D eigenvalue weighted by atomic mass is 79.9. The quantitative estimate of drug-likeness (QED) is 0.765. The molecule has 0 amide bonds. The number of nitrogens with zero attached hydrogens (tertiary/aromatic N) is 1. The molecule has 0 aliphatic rings. The molecule has 2 aromatic carbocycles. The van der Waals surface area contributed by atoms with Crippen LogP contribution in [0.4, 0.5) is 4.39 Å². The van der Waals surface area contributed by atoms with Crippen molar-refractivity contribution in [1.82, 2.24) is 4.98 Å². The van der Waals surface area contributed by atoms with E-state index in [-0.39, 0.29) is 11.9 Å². The molecule has 100 valence electrons. The van der Waals surface area contributed by atoms with Crippen molar-refractivity contribution in [2.24, 2.45) is 5.73 Å². The van der Waals surface area contributed by atoms with Crippen molar-refractivity contribution in [2.45, 2.75) is 6.04 Å². The molecule has 0 bridgehead atoms. The van der Waals surface area contributed by atoms with Crippen LogP contribution in [0.5, 0.6) is 0 Å². The highest BCUT2D eigenvalue weighted by molar-refractivity contribution is 9.10. The van der Waals surface area contributed by atoms with E-state index in [4.69, 9.17) is 5.73 Å². The summed E-state index contributed by atoms with van der Waals surface area (Å²) in [4.78, 5) is 4.16. The maximum atomic E-state index is 13.2.